The summed E-state index contributed by atoms with van der Waals surface area (Å²) in [5.41, 5.74) is 0. The van der Waals surface area contributed by atoms with Crippen molar-refractivity contribution in [1.82, 2.24) is 0 Å². The zero-order valence-corrected chi connectivity index (χ0v) is 7.99. The fourth-order valence-electron chi connectivity index (χ4n) is 0.890. The van der Waals surface area contributed by atoms with Crippen molar-refractivity contribution in [3.05, 3.63) is 0 Å². The molecular formula is C7H17O2P. The van der Waals surface area contributed by atoms with Gasteiger partial charge in [0.2, 0.25) is 7.37 Å². The molecule has 0 saturated carbocycles. The van der Waals surface area contributed by atoms with Gasteiger partial charge < -0.3 is 4.52 Å². The van der Waals surface area contributed by atoms with Gasteiger partial charge in [-0.05, 0) is 13.3 Å². The molecule has 1 atom stereocenters. The maximum atomic E-state index is 11.6. The molecule has 0 aliphatic heterocycles. The van der Waals surface area contributed by atoms with E-state index < -0.39 is 7.37 Å². The van der Waals surface area contributed by atoms with Crippen molar-refractivity contribution in [1.29, 1.82) is 0 Å². The summed E-state index contributed by atoms with van der Waals surface area (Å²) in [6.45, 7) is 6.41. The van der Waals surface area contributed by atoms with E-state index in [1.54, 1.807) is 0 Å². The van der Waals surface area contributed by atoms with E-state index in [-0.39, 0.29) is 0 Å². The van der Waals surface area contributed by atoms with Gasteiger partial charge in [0.1, 0.15) is 0 Å². The third-order valence-corrected chi connectivity index (χ3v) is 4.23. The minimum atomic E-state index is -2.20. The normalized spacial score (nSPS) is 16.7. The Balaban J connectivity index is 3.83. The van der Waals surface area contributed by atoms with Crippen LogP contribution in [0.3, 0.4) is 0 Å². The molecule has 10 heavy (non-hydrogen) atoms. The number of hydrogen-bond acceptors (Lipinski definition) is 2. The van der Waals surface area contributed by atoms with E-state index in [0.717, 1.165) is 12.6 Å². The molecule has 0 aromatic rings. The highest BCUT2D eigenvalue weighted by atomic mass is 31.2. The van der Waals surface area contributed by atoms with Gasteiger partial charge in [0.25, 0.3) is 0 Å². The minimum absolute atomic E-state index is 0.575. The summed E-state index contributed by atoms with van der Waals surface area (Å²) < 4.78 is 16.7. The van der Waals surface area contributed by atoms with Crippen molar-refractivity contribution >= 4 is 7.37 Å². The molecule has 0 fully saturated rings. The van der Waals surface area contributed by atoms with Crippen LogP contribution in [0, 0.1) is 0 Å². The first-order valence-electron chi connectivity index (χ1n) is 3.91. The Hall–Kier alpha value is 0.190. The summed E-state index contributed by atoms with van der Waals surface area (Å²) in [7, 11) is -2.20. The third kappa shape index (κ3) is 3.38. The van der Waals surface area contributed by atoms with Crippen LogP contribution < -0.4 is 0 Å². The Morgan fingerprint density at radius 3 is 2.20 bits per heavy atom. The minimum Gasteiger partial charge on any atom is -0.329 e. The summed E-state index contributed by atoms with van der Waals surface area (Å²) in [6, 6.07) is 0. The van der Waals surface area contributed by atoms with Crippen LogP contribution in [0.5, 0.6) is 0 Å². The first-order chi connectivity index (χ1) is 4.68. The van der Waals surface area contributed by atoms with Crippen molar-refractivity contribution in [3.63, 3.8) is 0 Å². The molecule has 0 N–H and O–H groups in total. The maximum absolute atomic E-state index is 11.6. The van der Waals surface area contributed by atoms with Crippen LogP contribution in [-0.2, 0) is 9.09 Å². The molecule has 2 nitrogen and oxygen atoms in total. The summed E-state index contributed by atoms with van der Waals surface area (Å²) >= 11 is 0. The van der Waals surface area contributed by atoms with Gasteiger partial charge in [0.05, 0.1) is 6.61 Å². The quantitative estimate of drug-likeness (QED) is 0.584. The lowest BCUT2D eigenvalue weighted by Crippen LogP contribution is -1.96. The van der Waals surface area contributed by atoms with E-state index >= 15 is 0 Å². The molecular weight excluding hydrogens is 147 g/mol. The molecule has 62 valence electrons. The fourth-order valence-corrected chi connectivity index (χ4v) is 2.67. The van der Waals surface area contributed by atoms with E-state index in [1.807, 2.05) is 20.8 Å². The molecule has 0 aromatic carbocycles. The topological polar surface area (TPSA) is 26.3 Å². The predicted octanol–water partition coefficient (Wildman–Crippen LogP) is 2.73. The van der Waals surface area contributed by atoms with Crippen molar-refractivity contribution in [2.24, 2.45) is 0 Å². The molecule has 0 rings (SSSR count). The van der Waals surface area contributed by atoms with E-state index in [9.17, 15) is 4.57 Å². The molecule has 0 aliphatic rings. The first kappa shape index (κ1) is 10.2. The second-order valence-electron chi connectivity index (χ2n) is 2.27. The summed E-state index contributed by atoms with van der Waals surface area (Å²) in [5, 5.41) is 0. The van der Waals surface area contributed by atoms with Gasteiger partial charge >= 0.3 is 0 Å². The van der Waals surface area contributed by atoms with Gasteiger partial charge in [-0.25, -0.2) is 0 Å². The maximum Gasteiger partial charge on any atom is 0.202 e. The Labute approximate surface area is 63.4 Å². The third-order valence-electron chi connectivity index (χ3n) is 1.41. The van der Waals surface area contributed by atoms with E-state index in [0.29, 0.717) is 12.8 Å². The van der Waals surface area contributed by atoms with Crippen molar-refractivity contribution in [2.75, 3.05) is 18.9 Å². The van der Waals surface area contributed by atoms with Crippen LogP contribution in [0.1, 0.15) is 27.2 Å². The SMILES string of the molecule is CCCP(=O)(CC)OCC. The van der Waals surface area contributed by atoms with E-state index in [1.165, 1.54) is 0 Å². The molecule has 0 saturated heterocycles. The smallest absolute Gasteiger partial charge is 0.202 e. The van der Waals surface area contributed by atoms with Crippen LogP contribution in [0.4, 0.5) is 0 Å². The van der Waals surface area contributed by atoms with Crippen LogP contribution in [0.2, 0.25) is 0 Å². The van der Waals surface area contributed by atoms with Crippen molar-refractivity contribution < 1.29 is 9.09 Å². The monoisotopic (exact) mass is 164 g/mol. The molecule has 3 heteroatoms. The standard InChI is InChI=1S/C7H17O2P/c1-4-7-10(8,6-3)9-5-2/h4-7H2,1-3H3. The molecule has 1 unspecified atom stereocenters. The summed E-state index contributed by atoms with van der Waals surface area (Å²) in [6.07, 6.45) is 2.36. The van der Waals surface area contributed by atoms with Crippen LogP contribution in [0.25, 0.3) is 0 Å². The highest BCUT2D eigenvalue weighted by molar-refractivity contribution is 7.58. The van der Waals surface area contributed by atoms with Crippen LogP contribution in [-0.4, -0.2) is 18.9 Å². The summed E-state index contributed by atoms with van der Waals surface area (Å²) in [5.74, 6) is 0. The Kier molecular flexibility index (Phi) is 5.02. The first-order valence-corrected chi connectivity index (χ1v) is 5.90. The zero-order chi connectivity index (χ0) is 8.04. The van der Waals surface area contributed by atoms with E-state index in [4.69, 9.17) is 4.52 Å². The van der Waals surface area contributed by atoms with Crippen LogP contribution >= 0.6 is 7.37 Å². The Morgan fingerprint density at radius 2 is 1.90 bits per heavy atom. The number of hydrogen-bond donors (Lipinski definition) is 0. The zero-order valence-electron chi connectivity index (χ0n) is 7.09. The second kappa shape index (κ2) is 4.92. The lowest BCUT2D eigenvalue weighted by molar-refractivity contribution is 0.333. The average molecular weight is 164 g/mol. The predicted molar refractivity (Wildman–Crippen MR) is 44.9 cm³/mol. The lowest BCUT2D eigenvalue weighted by atomic mass is 10.6. The van der Waals surface area contributed by atoms with Crippen molar-refractivity contribution in [2.45, 2.75) is 27.2 Å². The molecule has 0 aromatic heterocycles. The fraction of sp³-hybridized carbons (Fsp3) is 1.00. The van der Waals surface area contributed by atoms with Gasteiger partial charge in [0, 0.05) is 12.3 Å². The highest BCUT2D eigenvalue weighted by Gasteiger charge is 2.17. The largest absolute Gasteiger partial charge is 0.329 e. The molecule has 0 radical (unpaired) electrons. The Morgan fingerprint density at radius 1 is 1.30 bits per heavy atom. The average Bonchev–Trinajstić information content (AvgIpc) is 1.89. The lowest BCUT2D eigenvalue weighted by Gasteiger charge is -2.13. The van der Waals surface area contributed by atoms with Crippen LogP contribution in [0.15, 0.2) is 0 Å². The highest BCUT2D eigenvalue weighted by Crippen LogP contribution is 2.46. The molecule has 0 amide bonds. The molecule has 0 spiro atoms. The number of rotatable bonds is 5. The van der Waals surface area contributed by atoms with Gasteiger partial charge in [-0.3, -0.25) is 4.57 Å². The van der Waals surface area contributed by atoms with Crippen molar-refractivity contribution in [3.8, 4) is 0 Å². The van der Waals surface area contributed by atoms with E-state index in [2.05, 4.69) is 0 Å². The Bertz CT molecular complexity index is 113. The van der Waals surface area contributed by atoms with Gasteiger partial charge in [-0.15, -0.1) is 0 Å². The van der Waals surface area contributed by atoms with Gasteiger partial charge in [-0.1, -0.05) is 13.8 Å². The summed E-state index contributed by atoms with van der Waals surface area (Å²) in [4.78, 5) is 0. The van der Waals surface area contributed by atoms with Gasteiger partial charge in [-0.2, -0.15) is 0 Å². The van der Waals surface area contributed by atoms with Gasteiger partial charge in [0.15, 0.2) is 0 Å². The molecule has 0 bridgehead atoms. The molecule has 0 heterocycles. The second-order valence-corrected chi connectivity index (χ2v) is 5.24. The molecule has 0 aliphatic carbocycles.